The SMILES string of the molecule is N#Cc1cccc(C[C@H](N)c2ccccc2-c2noc3ccccc23)n1. The Hall–Kier alpha value is -3.49. The van der Waals surface area contributed by atoms with E-state index in [2.05, 4.69) is 16.2 Å². The second-order valence-corrected chi connectivity index (χ2v) is 6.05. The van der Waals surface area contributed by atoms with Crippen molar-refractivity contribution >= 4 is 11.0 Å². The molecule has 0 bridgehead atoms. The van der Waals surface area contributed by atoms with Crippen molar-refractivity contribution in [2.24, 2.45) is 5.73 Å². The van der Waals surface area contributed by atoms with Crippen LogP contribution >= 0.6 is 0 Å². The van der Waals surface area contributed by atoms with Crippen LogP contribution in [0.25, 0.3) is 22.2 Å². The van der Waals surface area contributed by atoms with E-state index >= 15 is 0 Å². The van der Waals surface area contributed by atoms with Gasteiger partial charge >= 0.3 is 0 Å². The molecule has 0 saturated heterocycles. The van der Waals surface area contributed by atoms with Gasteiger partial charge in [-0.2, -0.15) is 5.26 Å². The molecule has 0 aliphatic rings. The normalized spacial score (nSPS) is 12.0. The maximum atomic E-state index is 9.02. The van der Waals surface area contributed by atoms with Gasteiger partial charge < -0.3 is 10.3 Å². The van der Waals surface area contributed by atoms with Crippen LogP contribution in [0.2, 0.25) is 0 Å². The summed E-state index contributed by atoms with van der Waals surface area (Å²) in [6.07, 6.45) is 0.530. The molecule has 2 aromatic carbocycles. The summed E-state index contributed by atoms with van der Waals surface area (Å²) in [5, 5.41) is 14.2. The van der Waals surface area contributed by atoms with Gasteiger partial charge in [-0.1, -0.05) is 47.6 Å². The third-order valence-corrected chi connectivity index (χ3v) is 4.34. The number of pyridine rings is 1. The van der Waals surface area contributed by atoms with Gasteiger partial charge in [0.1, 0.15) is 17.5 Å². The summed E-state index contributed by atoms with van der Waals surface area (Å²) in [6, 6.07) is 22.9. The highest BCUT2D eigenvalue weighted by Crippen LogP contribution is 2.33. The number of rotatable bonds is 4. The Morgan fingerprint density at radius 1 is 1.00 bits per heavy atom. The maximum Gasteiger partial charge on any atom is 0.167 e. The molecule has 4 rings (SSSR count). The largest absolute Gasteiger partial charge is 0.356 e. The smallest absolute Gasteiger partial charge is 0.167 e. The quantitative estimate of drug-likeness (QED) is 0.606. The number of fused-ring (bicyclic) bond motifs is 1. The van der Waals surface area contributed by atoms with Crippen LogP contribution in [0.1, 0.15) is 23.0 Å². The van der Waals surface area contributed by atoms with Gasteiger partial charge in [0, 0.05) is 29.1 Å². The molecule has 5 nitrogen and oxygen atoms in total. The van der Waals surface area contributed by atoms with Crippen LogP contribution < -0.4 is 5.73 Å². The fourth-order valence-corrected chi connectivity index (χ4v) is 3.11. The fraction of sp³-hybridized carbons (Fsp3) is 0.0952. The Labute approximate surface area is 150 Å². The second kappa shape index (κ2) is 6.79. The molecule has 0 aliphatic carbocycles. The van der Waals surface area contributed by atoms with Crippen molar-refractivity contribution in [3.63, 3.8) is 0 Å². The minimum Gasteiger partial charge on any atom is -0.356 e. The van der Waals surface area contributed by atoms with Crippen LogP contribution in [-0.4, -0.2) is 10.1 Å². The number of hydrogen-bond acceptors (Lipinski definition) is 5. The van der Waals surface area contributed by atoms with E-state index in [1.807, 2.05) is 60.7 Å². The van der Waals surface area contributed by atoms with Gasteiger partial charge in [-0.15, -0.1) is 0 Å². The Balaban J connectivity index is 1.72. The summed E-state index contributed by atoms with van der Waals surface area (Å²) in [7, 11) is 0. The molecule has 0 saturated carbocycles. The van der Waals surface area contributed by atoms with E-state index in [-0.39, 0.29) is 6.04 Å². The predicted octanol–water partition coefficient (Wildman–Crippen LogP) is 4.00. The van der Waals surface area contributed by atoms with Crippen molar-refractivity contribution in [1.82, 2.24) is 10.1 Å². The average Bonchev–Trinajstić information content (AvgIpc) is 3.12. The molecular formula is C21H16N4O. The third-order valence-electron chi connectivity index (χ3n) is 4.34. The molecule has 4 aromatic rings. The second-order valence-electron chi connectivity index (χ2n) is 6.05. The molecule has 1 atom stereocenters. The lowest BCUT2D eigenvalue weighted by atomic mass is 9.94. The lowest BCUT2D eigenvalue weighted by Crippen LogP contribution is -2.15. The van der Waals surface area contributed by atoms with Gasteiger partial charge in [-0.3, -0.25) is 0 Å². The molecular weight excluding hydrogens is 324 g/mol. The number of nitrogens with zero attached hydrogens (tertiary/aromatic N) is 3. The van der Waals surface area contributed by atoms with Gasteiger partial charge in [0.25, 0.3) is 0 Å². The molecule has 0 radical (unpaired) electrons. The first-order valence-electron chi connectivity index (χ1n) is 8.31. The first-order valence-corrected chi connectivity index (χ1v) is 8.31. The Bertz CT molecular complexity index is 1110. The predicted molar refractivity (Wildman–Crippen MR) is 99.0 cm³/mol. The van der Waals surface area contributed by atoms with E-state index in [0.717, 1.165) is 33.5 Å². The van der Waals surface area contributed by atoms with Crippen molar-refractivity contribution < 1.29 is 4.52 Å². The summed E-state index contributed by atoms with van der Waals surface area (Å²) in [5.41, 5.74) is 11.1. The minimum absolute atomic E-state index is 0.275. The number of para-hydroxylation sites is 1. The van der Waals surface area contributed by atoms with Crippen molar-refractivity contribution in [3.8, 4) is 17.3 Å². The van der Waals surface area contributed by atoms with E-state index in [1.54, 1.807) is 6.07 Å². The zero-order valence-corrected chi connectivity index (χ0v) is 14.0. The highest BCUT2D eigenvalue weighted by atomic mass is 16.5. The molecule has 0 amide bonds. The van der Waals surface area contributed by atoms with E-state index in [9.17, 15) is 0 Å². The van der Waals surface area contributed by atoms with Crippen LogP contribution in [-0.2, 0) is 6.42 Å². The molecule has 0 unspecified atom stereocenters. The summed E-state index contributed by atoms with van der Waals surface area (Å²) < 4.78 is 5.45. The Morgan fingerprint density at radius 3 is 2.69 bits per heavy atom. The molecule has 0 fully saturated rings. The number of hydrogen-bond donors (Lipinski definition) is 1. The monoisotopic (exact) mass is 340 g/mol. The van der Waals surface area contributed by atoms with Gasteiger partial charge in [-0.05, 0) is 29.8 Å². The molecule has 2 N–H and O–H groups in total. The Kier molecular flexibility index (Phi) is 4.18. The average molecular weight is 340 g/mol. The zero-order valence-electron chi connectivity index (χ0n) is 14.0. The molecule has 0 aliphatic heterocycles. The van der Waals surface area contributed by atoms with Gasteiger partial charge in [0.15, 0.2) is 5.58 Å². The third kappa shape index (κ3) is 2.94. The number of aromatic nitrogens is 2. The highest BCUT2D eigenvalue weighted by Gasteiger charge is 2.18. The summed E-state index contributed by atoms with van der Waals surface area (Å²) in [4.78, 5) is 4.32. The van der Waals surface area contributed by atoms with E-state index < -0.39 is 0 Å². The zero-order chi connectivity index (χ0) is 17.9. The van der Waals surface area contributed by atoms with Crippen LogP contribution in [0.5, 0.6) is 0 Å². The molecule has 5 heteroatoms. The minimum atomic E-state index is -0.275. The molecule has 26 heavy (non-hydrogen) atoms. The van der Waals surface area contributed by atoms with Crippen LogP contribution in [0, 0.1) is 11.3 Å². The van der Waals surface area contributed by atoms with Crippen LogP contribution in [0.3, 0.4) is 0 Å². The lowest BCUT2D eigenvalue weighted by molar-refractivity contribution is 0.459. The lowest BCUT2D eigenvalue weighted by Gasteiger charge is -2.15. The maximum absolute atomic E-state index is 9.02. The molecule has 0 spiro atoms. The van der Waals surface area contributed by atoms with E-state index in [0.29, 0.717) is 12.1 Å². The van der Waals surface area contributed by atoms with Crippen molar-refractivity contribution in [1.29, 1.82) is 5.26 Å². The van der Waals surface area contributed by atoms with Crippen molar-refractivity contribution in [2.45, 2.75) is 12.5 Å². The van der Waals surface area contributed by atoms with E-state index in [4.69, 9.17) is 15.5 Å². The standard InChI is InChI=1S/C21H16N4O/c22-13-15-7-5-6-14(24-15)12-19(23)16-8-1-2-9-17(16)21-18-10-3-4-11-20(18)26-25-21/h1-11,19H,12,23H2/t19-/m0/s1. The number of nitriles is 1. The van der Waals surface area contributed by atoms with Crippen molar-refractivity contribution in [2.75, 3.05) is 0 Å². The Morgan fingerprint density at radius 2 is 1.81 bits per heavy atom. The first kappa shape index (κ1) is 16.0. The van der Waals surface area contributed by atoms with Gasteiger partial charge in [0.2, 0.25) is 0 Å². The van der Waals surface area contributed by atoms with Crippen molar-refractivity contribution in [3.05, 3.63) is 83.7 Å². The summed E-state index contributed by atoms with van der Waals surface area (Å²) in [5.74, 6) is 0. The van der Waals surface area contributed by atoms with Crippen LogP contribution in [0.15, 0.2) is 71.3 Å². The summed E-state index contributed by atoms with van der Waals surface area (Å²) in [6.45, 7) is 0. The fourth-order valence-electron chi connectivity index (χ4n) is 3.11. The van der Waals surface area contributed by atoms with Crippen LogP contribution in [0.4, 0.5) is 0 Å². The highest BCUT2D eigenvalue weighted by molar-refractivity contribution is 5.92. The number of nitrogens with two attached hydrogens (primary N) is 1. The number of benzene rings is 2. The molecule has 126 valence electrons. The first-order chi connectivity index (χ1) is 12.8. The van der Waals surface area contributed by atoms with Gasteiger partial charge in [0.05, 0.1) is 0 Å². The molecule has 2 heterocycles. The topological polar surface area (TPSA) is 88.7 Å². The molecule has 2 aromatic heterocycles. The van der Waals surface area contributed by atoms with Gasteiger partial charge in [-0.25, -0.2) is 4.98 Å². The summed E-state index contributed by atoms with van der Waals surface area (Å²) >= 11 is 0. The van der Waals surface area contributed by atoms with E-state index in [1.165, 1.54) is 0 Å².